The second-order valence-corrected chi connectivity index (χ2v) is 7.51. The lowest BCUT2D eigenvalue weighted by Crippen LogP contribution is -2.26. The Morgan fingerprint density at radius 3 is 2.62 bits per heavy atom. The van der Waals surface area contributed by atoms with Crippen molar-refractivity contribution in [2.75, 3.05) is 6.54 Å². The molecule has 0 aliphatic heterocycles. The van der Waals surface area contributed by atoms with E-state index in [2.05, 4.69) is 15.5 Å². The number of nitrogens with zero attached hydrogens (tertiary/aromatic N) is 4. The van der Waals surface area contributed by atoms with Crippen molar-refractivity contribution in [3.05, 3.63) is 80.6 Å². The van der Waals surface area contributed by atoms with Gasteiger partial charge >= 0.3 is 0 Å². The van der Waals surface area contributed by atoms with Crippen LogP contribution in [0.3, 0.4) is 0 Å². The van der Waals surface area contributed by atoms with Crippen molar-refractivity contribution < 1.29 is 9.72 Å². The highest BCUT2D eigenvalue weighted by Crippen LogP contribution is 2.22. The Labute approximate surface area is 176 Å². The van der Waals surface area contributed by atoms with Crippen molar-refractivity contribution >= 4 is 35.0 Å². The Morgan fingerprint density at radius 1 is 1.21 bits per heavy atom. The van der Waals surface area contributed by atoms with E-state index in [1.165, 1.54) is 23.9 Å². The van der Waals surface area contributed by atoms with Crippen molar-refractivity contribution in [1.29, 1.82) is 0 Å². The predicted octanol–water partition coefficient (Wildman–Crippen LogP) is 3.64. The van der Waals surface area contributed by atoms with E-state index >= 15 is 0 Å². The van der Waals surface area contributed by atoms with Crippen LogP contribution in [0.4, 0.5) is 5.69 Å². The van der Waals surface area contributed by atoms with Crippen molar-refractivity contribution in [2.24, 2.45) is 7.05 Å². The highest BCUT2D eigenvalue weighted by Gasteiger charge is 2.12. The second kappa shape index (κ2) is 9.53. The van der Waals surface area contributed by atoms with E-state index < -0.39 is 4.92 Å². The molecule has 0 radical (unpaired) electrons. The minimum atomic E-state index is -0.420. The van der Waals surface area contributed by atoms with Gasteiger partial charge in [-0.05, 0) is 17.7 Å². The van der Waals surface area contributed by atoms with Gasteiger partial charge in [-0.15, -0.1) is 10.2 Å². The number of hydrogen-bond donors (Lipinski definition) is 1. The average Bonchev–Trinajstić information content (AvgIpc) is 3.06. The SMILES string of the molecule is Cn1c(CCNC(=O)c2ccccc2Cl)nnc1SCc1ccc([N+](=O)[O-])cc1. The predicted molar refractivity (Wildman–Crippen MR) is 111 cm³/mol. The Balaban J connectivity index is 1.52. The number of nitrogens with one attached hydrogen (secondary N) is 1. The molecule has 0 unspecified atom stereocenters. The van der Waals surface area contributed by atoms with Crippen LogP contribution in [0.5, 0.6) is 0 Å². The third kappa shape index (κ3) is 5.33. The van der Waals surface area contributed by atoms with E-state index in [1.54, 1.807) is 36.4 Å². The first kappa shape index (κ1) is 20.8. The van der Waals surface area contributed by atoms with E-state index in [9.17, 15) is 14.9 Å². The van der Waals surface area contributed by atoms with Gasteiger partial charge in [0.2, 0.25) is 0 Å². The van der Waals surface area contributed by atoms with Gasteiger partial charge in [0.25, 0.3) is 11.6 Å². The number of aromatic nitrogens is 3. The third-order valence-corrected chi connectivity index (χ3v) is 5.61. The second-order valence-electron chi connectivity index (χ2n) is 6.16. The zero-order valence-electron chi connectivity index (χ0n) is 15.5. The lowest BCUT2D eigenvalue weighted by molar-refractivity contribution is -0.384. The number of carbonyl (C=O) groups excluding carboxylic acids is 1. The lowest BCUT2D eigenvalue weighted by atomic mass is 10.2. The zero-order valence-corrected chi connectivity index (χ0v) is 17.1. The van der Waals surface area contributed by atoms with Crippen LogP contribution in [-0.4, -0.2) is 32.1 Å². The third-order valence-electron chi connectivity index (χ3n) is 4.19. The first-order valence-electron chi connectivity index (χ1n) is 8.73. The standard InChI is InChI=1S/C19H18ClN5O3S/c1-24-17(10-11-21-18(26)15-4-2-3-5-16(15)20)22-23-19(24)29-12-13-6-8-14(9-7-13)25(27)28/h2-9H,10-12H2,1H3,(H,21,26). The molecule has 29 heavy (non-hydrogen) atoms. The maximum atomic E-state index is 12.2. The number of benzene rings is 2. The van der Waals surface area contributed by atoms with Crippen LogP contribution in [0.25, 0.3) is 0 Å². The topological polar surface area (TPSA) is 103 Å². The summed E-state index contributed by atoms with van der Waals surface area (Å²) in [4.78, 5) is 22.5. The number of halogens is 1. The molecular weight excluding hydrogens is 414 g/mol. The molecule has 10 heteroatoms. The molecule has 1 heterocycles. The Kier molecular flexibility index (Phi) is 6.84. The molecule has 0 spiro atoms. The van der Waals surface area contributed by atoms with E-state index in [-0.39, 0.29) is 11.6 Å². The molecule has 0 aliphatic carbocycles. The fraction of sp³-hybridized carbons (Fsp3) is 0.211. The Hall–Kier alpha value is -2.91. The van der Waals surface area contributed by atoms with E-state index in [4.69, 9.17) is 11.6 Å². The molecule has 1 N–H and O–H groups in total. The van der Waals surface area contributed by atoms with Crippen LogP contribution < -0.4 is 5.32 Å². The van der Waals surface area contributed by atoms with Crippen molar-refractivity contribution in [3.63, 3.8) is 0 Å². The summed E-state index contributed by atoms with van der Waals surface area (Å²) in [6, 6.07) is 13.3. The number of thioether (sulfide) groups is 1. The van der Waals surface area contributed by atoms with Gasteiger partial charge in [-0.2, -0.15) is 0 Å². The van der Waals surface area contributed by atoms with Crippen LogP contribution in [0.1, 0.15) is 21.7 Å². The maximum absolute atomic E-state index is 12.2. The summed E-state index contributed by atoms with van der Waals surface area (Å²) in [5, 5.41) is 23.0. The van der Waals surface area contributed by atoms with Gasteiger partial charge in [-0.25, -0.2) is 0 Å². The Bertz CT molecular complexity index is 1020. The monoisotopic (exact) mass is 431 g/mol. The molecule has 2 aromatic carbocycles. The molecule has 1 amide bonds. The highest BCUT2D eigenvalue weighted by molar-refractivity contribution is 7.98. The maximum Gasteiger partial charge on any atom is 0.269 e. The summed E-state index contributed by atoms with van der Waals surface area (Å²) >= 11 is 7.52. The number of rotatable bonds is 8. The largest absolute Gasteiger partial charge is 0.352 e. The molecule has 0 bridgehead atoms. The summed E-state index contributed by atoms with van der Waals surface area (Å²) in [5.41, 5.74) is 1.46. The summed E-state index contributed by atoms with van der Waals surface area (Å²) in [6.45, 7) is 0.406. The summed E-state index contributed by atoms with van der Waals surface area (Å²) in [5.74, 6) is 1.13. The van der Waals surface area contributed by atoms with Gasteiger partial charge in [0.15, 0.2) is 5.16 Å². The molecule has 8 nitrogen and oxygen atoms in total. The van der Waals surface area contributed by atoms with Crippen molar-refractivity contribution in [1.82, 2.24) is 20.1 Å². The first-order chi connectivity index (χ1) is 14.0. The minimum Gasteiger partial charge on any atom is -0.352 e. The van der Waals surface area contributed by atoms with Crippen molar-refractivity contribution in [2.45, 2.75) is 17.3 Å². The number of amides is 1. The molecule has 3 rings (SSSR count). The van der Waals surface area contributed by atoms with Gasteiger partial charge < -0.3 is 9.88 Å². The van der Waals surface area contributed by atoms with Crippen LogP contribution >= 0.6 is 23.4 Å². The van der Waals surface area contributed by atoms with Crippen LogP contribution in [-0.2, 0) is 19.2 Å². The van der Waals surface area contributed by atoms with E-state index in [0.29, 0.717) is 29.3 Å². The van der Waals surface area contributed by atoms with E-state index in [1.807, 2.05) is 11.6 Å². The number of nitro benzene ring substituents is 1. The summed E-state index contributed by atoms with van der Waals surface area (Å²) in [6.07, 6.45) is 0.526. The zero-order chi connectivity index (χ0) is 20.8. The average molecular weight is 432 g/mol. The molecule has 0 fully saturated rings. The number of hydrogen-bond acceptors (Lipinski definition) is 6. The molecule has 0 atom stereocenters. The quantitative estimate of drug-likeness (QED) is 0.332. The molecule has 1 aromatic heterocycles. The minimum absolute atomic E-state index is 0.0681. The van der Waals surface area contributed by atoms with Crippen LogP contribution in [0.15, 0.2) is 53.7 Å². The van der Waals surface area contributed by atoms with Crippen LogP contribution in [0, 0.1) is 10.1 Å². The lowest BCUT2D eigenvalue weighted by Gasteiger charge is -2.07. The van der Waals surface area contributed by atoms with Gasteiger partial charge in [0.1, 0.15) is 5.82 Å². The van der Waals surface area contributed by atoms with Crippen LogP contribution in [0.2, 0.25) is 5.02 Å². The van der Waals surface area contributed by atoms with Crippen molar-refractivity contribution in [3.8, 4) is 0 Å². The number of nitro groups is 1. The normalized spacial score (nSPS) is 10.7. The number of non-ortho nitro benzene ring substituents is 1. The highest BCUT2D eigenvalue weighted by atomic mass is 35.5. The fourth-order valence-corrected chi connectivity index (χ4v) is 3.69. The van der Waals surface area contributed by atoms with E-state index in [0.717, 1.165) is 16.5 Å². The number of carbonyl (C=O) groups is 1. The molecule has 3 aromatic rings. The summed E-state index contributed by atoms with van der Waals surface area (Å²) in [7, 11) is 1.86. The van der Waals surface area contributed by atoms with Gasteiger partial charge in [-0.3, -0.25) is 14.9 Å². The smallest absolute Gasteiger partial charge is 0.269 e. The molecule has 150 valence electrons. The molecular formula is C19H18ClN5O3S. The van der Waals surface area contributed by atoms with Gasteiger partial charge in [0.05, 0.1) is 15.5 Å². The first-order valence-corrected chi connectivity index (χ1v) is 10.1. The molecule has 0 saturated carbocycles. The molecule has 0 aliphatic rings. The summed E-state index contributed by atoms with van der Waals surface area (Å²) < 4.78 is 1.87. The fourth-order valence-electron chi connectivity index (χ4n) is 2.58. The van der Waals surface area contributed by atoms with Gasteiger partial charge in [-0.1, -0.05) is 47.6 Å². The Morgan fingerprint density at radius 2 is 1.93 bits per heavy atom. The van der Waals surface area contributed by atoms with Gasteiger partial charge in [0, 0.05) is 37.9 Å². The molecule has 0 saturated heterocycles.